The van der Waals surface area contributed by atoms with Crippen LogP contribution in [-0.2, 0) is 51.1 Å². The molecule has 2 unspecified atom stereocenters. The number of carbonyl (C=O) groups is 6. The van der Waals surface area contributed by atoms with Crippen molar-refractivity contribution in [2.45, 2.75) is 134 Å². The van der Waals surface area contributed by atoms with Crippen molar-refractivity contribution >= 4 is 41.9 Å². The number of halogens is 13. The van der Waals surface area contributed by atoms with Crippen LogP contribution < -0.4 is 31.4 Å². The predicted molar refractivity (Wildman–Crippen MR) is 314 cm³/mol. The topological polar surface area (TPSA) is 264 Å². The number of nitrogens with one attached hydrogen (secondary N) is 4. The van der Waals surface area contributed by atoms with Gasteiger partial charge in [-0.15, -0.1) is 0 Å². The third-order valence-corrected chi connectivity index (χ3v) is 16.3. The van der Waals surface area contributed by atoms with E-state index in [-0.39, 0.29) is 34.3 Å². The number of piperazine rings is 1. The number of carboxylic acids is 1. The zero-order valence-electron chi connectivity index (χ0n) is 53.9. The average molecular weight is 1400 g/mol. The second kappa shape index (κ2) is 31.8. The molecule has 0 spiro atoms. The molecule has 2 aromatic heterocycles. The highest BCUT2D eigenvalue weighted by molar-refractivity contribution is 5.87. The first-order valence-corrected chi connectivity index (χ1v) is 29.8. The molecular weight excluding hydrogens is 1320 g/mol. The summed E-state index contributed by atoms with van der Waals surface area (Å²) in [5.74, 6) is -3.62. The molecule has 0 saturated carbocycles. The molecular formula is C61H73F13N12O11. The number of alkyl carbamates (subject to hydrolysis) is 2. The first-order valence-electron chi connectivity index (χ1n) is 29.8. The number of alkyl halides is 11. The van der Waals surface area contributed by atoms with Crippen molar-refractivity contribution in [3.05, 3.63) is 94.9 Å². The molecule has 7 rings (SSSR count). The van der Waals surface area contributed by atoms with Gasteiger partial charge < -0.3 is 54.2 Å². The van der Waals surface area contributed by atoms with Crippen LogP contribution in [0.1, 0.15) is 82.2 Å². The van der Waals surface area contributed by atoms with Crippen LogP contribution in [0, 0.1) is 34.3 Å². The van der Waals surface area contributed by atoms with E-state index in [1.165, 1.54) is 24.3 Å². The lowest BCUT2D eigenvalue weighted by Crippen LogP contribution is -2.64. The van der Waals surface area contributed by atoms with Crippen molar-refractivity contribution in [3.8, 4) is 23.1 Å². The molecule has 2 bridgehead atoms. The Morgan fingerprint density at radius 1 is 0.753 bits per heavy atom. The number of aromatic nitrogens is 4. The number of ether oxygens (including phenoxy) is 4. The van der Waals surface area contributed by atoms with E-state index in [1.54, 1.807) is 12.4 Å². The summed E-state index contributed by atoms with van der Waals surface area (Å²) in [4.78, 5) is 91.2. The Morgan fingerprint density at radius 3 is 1.72 bits per heavy atom. The van der Waals surface area contributed by atoms with Gasteiger partial charge >= 0.3 is 43.2 Å². The molecule has 3 saturated heterocycles. The van der Waals surface area contributed by atoms with Crippen LogP contribution in [-0.4, -0.2) is 206 Å². The Morgan fingerprint density at radius 2 is 1.27 bits per heavy atom. The lowest BCUT2D eigenvalue weighted by Gasteiger charge is -2.47. The number of anilines is 1. The van der Waals surface area contributed by atoms with E-state index in [2.05, 4.69) is 56.9 Å². The van der Waals surface area contributed by atoms with Crippen molar-refractivity contribution in [2.75, 3.05) is 79.7 Å². The van der Waals surface area contributed by atoms with Gasteiger partial charge in [-0.1, -0.05) is 24.0 Å². The van der Waals surface area contributed by atoms with Gasteiger partial charge in [0.1, 0.15) is 35.8 Å². The van der Waals surface area contributed by atoms with E-state index in [1.807, 2.05) is 31.8 Å². The highest BCUT2D eigenvalue weighted by atomic mass is 19.4. The molecule has 5 heterocycles. The summed E-state index contributed by atoms with van der Waals surface area (Å²) in [7, 11) is 7.04. The highest BCUT2D eigenvalue weighted by Crippen LogP contribution is 2.42. The molecule has 6 atom stereocenters. The Labute approximate surface area is 548 Å². The predicted octanol–water partition coefficient (Wildman–Crippen LogP) is 6.35. The fourth-order valence-electron chi connectivity index (χ4n) is 10.6. The van der Waals surface area contributed by atoms with E-state index in [0.717, 1.165) is 65.6 Å². The Hall–Kier alpha value is -8.56. The number of benzene rings is 2. The number of hydrogen-bond donors (Lipinski definition) is 4. The molecule has 36 heteroatoms. The Kier molecular flexibility index (Phi) is 25.4. The molecule has 534 valence electrons. The maximum absolute atomic E-state index is 16.5. The number of rotatable bonds is 24. The summed E-state index contributed by atoms with van der Waals surface area (Å²) in [6.07, 6.45) is -15.3. The normalized spacial score (nSPS) is 17.5. The number of carboxylic acid groups (broad SMARTS) is 1. The Bertz CT molecular complexity index is 3430. The molecule has 97 heavy (non-hydrogen) atoms. The van der Waals surface area contributed by atoms with Gasteiger partial charge in [0, 0.05) is 73.4 Å². The number of quaternary nitrogens is 1. The highest BCUT2D eigenvalue weighted by Gasteiger charge is 2.58. The van der Waals surface area contributed by atoms with Gasteiger partial charge in [-0.2, -0.15) is 53.4 Å². The lowest BCUT2D eigenvalue weighted by molar-refractivity contribution is -0.870. The molecule has 23 nitrogen and oxygen atoms in total. The van der Waals surface area contributed by atoms with Gasteiger partial charge in [0.25, 0.3) is 5.91 Å². The smallest absolute Gasteiger partial charge is 0.430 e. The number of nitrogens with zero attached hydrogens (tertiary/aromatic N) is 8. The lowest BCUT2D eigenvalue weighted by atomic mass is 9.82. The van der Waals surface area contributed by atoms with Gasteiger partial charge in [0.2, 0.25) is 11.9 Å². The van der Waals surface area contributed by atoms with E-state index in [0.29, 0.717) is 91.1 Å². The summed E-state index contributed by atoms with van der Waals surface area (Å²) in [5.41, 5.74) is -4.65. The Balaban J connectivity index is 0.00000201. The number of amides is 4. The fourth-order valence-corrected chi connectivity index (χ4v) is 10.6. The maximum atomic E-state index is 16.5. The fraction of sp³-hybridized carbons (Fsp3) is 0.557. The molecule has 3 aliphatic rings. The maximum Gasteiger partial charge on any atom is 0.430 e. The van der Waals surface area contributed by atoms with E-state index < -0.39 is 133 Å². The number of carbonyl (C=O) groups excluding carboxylic acids is 6. The number of fused-ring (bicyclic) bond motifs is 2. The summed E-state index contributed by atoms with van der Waals surface area (Å²) in [6.45, 7) is 0.191. The average Bonchev–Trinajstić information content (AvgIpc) is 1.74. The van der Waals surface area contributed by atoms with Crippen LogP contribution in [0.4, 0.5) is 72.6 Å². The first kappa shape index (κ1) is 77.4. The molecule has 3 aliphatic heterocycles. The van der Waals surface area contributed by atoms with Crippen LogP contribution in [0.3, 0.4) is 0 Å². The van der Waals surface area contributed by atoms with Gasteiger partial charge in [-0.05, 0) is 82.9 Å². The zero-order chi connectivity index (χ0) is 72.3. The van der Waals surface area contributed by atoms with Crippen molar-refractivity contribution in [1.29, 1.82) is 0 Å². The standard InChI is InChI=1S/C59H72F10N12O9.C2HF3O2/c1-56(2,58(64,65)66)48(73-54(85)87-8)50(83)72-45(23-35-15-12-34(13-16-35)14-17-36-26-70-53(71-27-36)77-28-38-18-19-39(29-77)80(38)40-32-89-33-40)46(90-47(82)11-10-22-81(5,6)7)31-78(76-51(84)49(74-55(86)88-9)57(3,4)59(67,68)69)30-41-42(60)24-37(25-43(41)61)44-20-21-79(75-44)52(62)63;3-2(4,5)1(6)7/h12-13,15-16,20-21,24-27,38-40,45-46,48-49,52H,10-11,18-19,22-23,28-33H2,1-9H3,(H3-,72,73,74,76,83,84,85,86);(H,6,7)/t38?,39?,45-,46-,48+,49+;/m0./s1. The van der Waals surface area contributed by atoms with Gasteiger partial charge in [0.15, 0.2) is 0 Å². The molecule has 3 fully saturated rings. The van der Waals surface area contributed by atoms with E-state index in [4.69, 9.17) is 19.4 Å². The van der Waals surface area contributed by atoms with E-state index >= 15 is 8.78 Å². The molecule has 0 radical (unpaired) electrons. The number of aliphatic carboxylic acids is 1. The molecule has 0 aliphatic carbocycles. The second-order valence-corrected chi connectivity index (χ2v) is 25.2. The largest absolute Gasteiger partial charge is 0.542 e. The first-order chi connectivity index (χ1) is 45.0. The summed E-state index contributed by atoms with van der Waals surface area (Å²) in [6, 6.07) is 2.65. The van der Waals surface area contributed by atoms with E-state index in [9.17, 15) is 72.3 Å². The minimum absolute atomic E-state index is 0.136. The van der Waals surface area contributed by atoms with Crippen LogP contribution in [0.15, 0.2) is 61.1 Å². The SMILES string of the molecule is COC(=O)N[C@H](C(=O)N[C@@H](Cc1ccc(C#Cc2cnc(N3CC4CCC(C3)N4C3COC3)nc2)cc1)[C@H](CN(Cc1c(F)cc(-c2ccn(C(F)F)n2)cc1F)NC(=O)[C@@H](NC(=O)OC)C(C)(C)C(F)(F)F)OC(=O)CCC[N+](C)(C)C)C(C)(C)C(F)(F)F.O=C([O-])C(F)(F)F. The van der Waals surface area contributed by atoms with Crippen LogP contribution in [0.25, 0.3) is 11.3 Å². The monoisotopic (exact) mass is 1400 g/mol. The van der Waals surface area contributed by atoms with Gasteiger partial charge in [-0.3, -0.25) is 24.7 Å². The number of hydrogen-bond acceptors (Lipinski definition) is 17. The summed E-state index contributed by atoms with van der Waals surface area (Å²) < 4.78 is 202. The summed E-state index contributed by atoms with van der Waals surface area (Å²) in [5, 5.41) is 19.1. The minimum Gasteiger partial charge on any atom is -0.542 e. The minimum atomic E-state index is -5.27. The molecule has 4 N–H and O–H groups in total. The number of methoxy groups -OCH3 is 2. The third kappa shape index (κ3) is 20.7. The number of hydrazine groups is 1. The summed E-state index contributed by atoms with van der Waals surface area (Å²) >= 11 is 0. The van der Waals surface area contributed by atoms with Crippen LogP contribution in [0.5, 0.6) is 0 Å². The zero-order valence-corrected chi connectivity index (χ0v) is 53.9. The van der Waals surface area contributed by atoms with Crippen LogP contribution >= 0.6 is 0 Å². The van der Waals surface area contributed by atoms with Crippen molar-refractivity contribution < 1.29 is 114 Å². The second-order valence-electron chi connectivity index (χ2n) is 25.2. The third-order valence-electron chi connectivity index (χ3n) is 16.3. The number of esters is 1. The van der Waals surface area contributed by atoms with Gasteiger partial charge in [0.05, 0.1) is 102 Å². The quantitative estimate of drug-likeness (QED) is 0.0149. The van der Waals surface area contributed by atoms with Crippen molar-refractivity contribution in [1.82, 2.24) is 51.0 Å². The molecule has 2 aromatic carbocycles. The van der Waals surface area contributed by atoms with Gasteiger partial charge in [-0.25, -0.2) is 38.0 Å². The molecule has 4 amide bonds. The van der Waals surface area contributed by atoms with Crippen molar-refractivity contribution in [2.24, 2.45) is 10.8 Å². The van der Waals surface area contributed by atoms with Crippen molar-refractivity contribution in [3.63, 3.8) is 0 Å². The van der Waals surface area contributed by atoms with Crippen LogP contribution in [0.2, 0.25) is 0 Å². The molecule has 4 aromatic rings.